The molecule has 0 aromatic heterocycles. The SMILES string of the molecule is C=C(CC(N[C@@H](COC)c1ccccc1)C(F)(F)F)C(=O)OCC. The Morgan fingerprint density at radius 3 is 2.42 bits per heavy atom. The number of hydrogen-bond donors (Lipinski definition) is 1. The maximum atomic E-state index is 13.3. The summed E-state index contributed by atoms with van der Waals surface area (Å²) in [7, 11) is 1.41. The van der Waals surface area contributed by atoms with E-state index in [0.29, 0.717) is 5.56 Å². The average molecular weight is 345 g/mol. The molecule has 134 valence electrons. The highest BCUT2D eigenvalue weighted by atomic mass is 19.4. The van der Waals surface area contributed by atoms with Gasteiger partial charge in [0.05, 0.1) is 19.3 Å². The van der Waals surface area contributed by atoms with Crippen molar-refractivity contribution in [3.8, 4) is 0 Å². The first-order valence-electron chi connectivity index (χ1n) is 7.51. The minimum atomic E-state index is -4.55. The molecule has 0 radical (unpaired) electrons. The standard InChI is InChI=1S/C17H22F3NO3/c1-4-24-16(22)12(2)10-15(17(18,19)20)21-14(11-23-3)13-8-6-5-7-9-13/h5-9,14-15,21H,2,4,10-11H2,1,3H3/t14-,15?/m0/s1. The topological polar surface area (TPSA) is 47.6 Å². The summed E-state index contributed by atoms with van der Waals surface area (Å²) in [5.41, 5.74) is 0.436. The molecule has 0 saturated carbocycles. The first-order valence-corrected chi connectivity index (χ1v) is 7.51. The Balaban J connectivity index is 2.91. The van der Waals surface area contributed by atoms with E-state index in [1.54, 1.807) is 37.3 Å². The van der Waals surface area contributed by atoms with Crippen LogP contribution in [0.3, 0.4) is 0 Å². The maximum absolute atomic E-state index is 13.3. The predicted octanol–water partition coefficient (Wildman–Crippen LogP) is 3.40. The van der Waals surface area contributed by atoms with Crippen molar-refractivity contribution in [2.75, 3.05) is 20.3 Å². The van der Waals surface area contributed by atoms with Crippen molar-refractivity contribution < 1.29 is 27.4 Å². The van der Waals surface area contributed by atoms with E-state index in [1.807, 2.05) is 0 Å². The lowest BCUT2D eigenvalue weighted by atomic mass is 10.0. The maximum Gasteiger partial charge on any atom is 0.404 e. The summed E-state index contributed by atoms with van der Waals surface area (Å²) in [5.74, 6) is -0.823. The zero-order valence-electron chi connectivity index (χ0n) is 13.7. The van der Waals surface area contributed by atoms with Gasteiger partial charge in [-0.25, -0.2) is 4.79 Å². The molecular formula is C17H22F3NO3. The van der Waals surface area contributed by atoms with E-state index in [2.05, 4.69) is 11.9 Å². The number of methoxy groups -OCH3 is 1. The number of nitrogens with one attached hydrogen (secondary N) is 1. The van der Waals surface area contributed by atoms with Crippen molar-refractivity contribution in [2.24, 2.45) is 0 Å². The lowest BCUT2D eigenvalue weighted by Gasteiger charge is -2.27. The molecule has 1 rings (SSSR count). The van der Waals surface area contributed by atoms with Crippen LogP contribution in [0.2, 0.25) is 0 Å². The van der Waals surface area contributed by atoms with E-state index in [9.17, 15) is 18.0 Å². The Bertz CT molecular complexity index is 532. The van der Waals surface area contributed by atoms with Gasteiger partial charge in [0.15, 0.2) is 0 Å². The van der Waals surface area contributed by atoms with Crippen molar-refractivity contribution in [1.29, 1.82) is 0 Å². The van der Waals surface area contributed by atoms with E-state index in [-0.39, 0.29) is 18.8 Å². The Morgan fingerprint density at radius 2 is 1.92 bits per heavy atom. The molecule has 0 bridgehead atoms. The first-order chi connectivity index (χ1) is 11.3. The minimum Gasteiger partial charge on any atom is -0.463 e. The molecule has 4 nitrogen and oxygen atoms in total. The Kier molecular flexibility index (Phi) is 7.94. The smallest absolute Gasteiger partial charge is 0.404 e. The summed E-state index contributed by atoms with van der Waals surface area (Å²) < 4.78 is 49.8. The monoisotopic (exact) mass is 345 g/mol. The molecule has 0 amide bonds. The molecule has 0 fully saturated rings. The van der Waals surface area contributed by atoms with Gasteiger partial charge >= 0.3 is 12.1 Å². The number of esters is 1. The first kappa shape index (κ1) is 20.2. The van der Waals surface area contributed by atoms with Crippen molar-refractivity contribution in [2.45, 2.75) is 31.6 Å². The van der Waals surface area contributed by atoms with Crippen LogP contribution < -0.4 is 5.32 Å². The van der Waals surface area contributed by atoms with Gasteiger partial charge in [-0.3, -0.25) is 5.32 Å². The average Bonchev–Trinajstić information content (AvgIpc) is 2.53. The van der Waals surface area contributed by atoms with Crippen LogP contribution in [0.4, 0.5) is 13.2 Å². The lowest BCUT2D eigenvalue weighted by molar-refractivity contribution is -0.159. The van der Waals surface area contributed by atoms with E-state index in [0.717, 1.165) is 0 Å². The zero-order chi connectivity index (χ0) is 18.2. The molecule has 0 aliphatic carbocycles. The second-order valence-corrected chi connectivity index (χ2v) is 5.21. The molecule has 0 aliphatic heterocycles. The quantitative estimate of drug-likeness (QED) is 0.550. The molecule has 1 N–H and O–H groups in total. The fourth-order valence-corrected chi connectivity index (χ4v) is 2.17. The fraction of sp³-hybridized carbons (Fsp3) is 0.471. The van der Waals surface area contributed by atoms with Gasteiger partial charge in [0, 0.05) is 19.1 Å². The molecule has 1 aromatic rings. The van der Waals surface area contributed by atoms with Gasteiger partial charge < -0.3 is 9.47 Å². The Hall–Kier alpha value is -1.86. The molecule has 7 heteroatoms. The summed E-state index contributed by atoms with van der Waals surface area (Å²) in [6.45, 7) is 5.12. The third-order valence-electron chi connectivity index (χ3n) is 3.35. The van der Waals surface area contributed by atoms with Crippen LogP contribution in [0, 0.1) is 0 Å². The van der Waals surface area contributed by atoms with E-state index in [4.69, 9.17) is 9.47 Å². The predicted molar refractivity (Wildman–Crippen MR) is 84.4 cm³/mol. The van der Waals surface area contributed by atoms with Crippen LogP contribution in [-0.4, -0.2) is 38.5 Å². The summed E-state index contributed by atoms with van der Waals surface area (Å²) in [5, 5.41) is 2.52. The third kappa shape index (κ3) is 6.33. The lowest BCUT2D eigenvalue weighted by Crippen LogP contribution is -2.45. The number of hydrogen-bond acceptors (Lipinski definition) is 4. The van der Waals surface area contributed by atoms with Crippen molar-refractivity contribution in [3.05, 3.63) is 48.0 Å². The van der Waals surface area contributed by atoms with Crippen LogP contribution in [0.5, 0.6) is 0 Å². The van der Waals surface area contributed by atoms with Gasteiger partial charge in [0.1, 0.15) is 6.04 Å². The summed E-state index contributed by atoms with van der Waals surface area (Å²) in [6.07, 6.45) is -5.13. The van der Waals surface area contributed by atoms with E-state index in [1.165, 1.54) is 7.11 Å². The molecule has 1 aromatic carbocycles. The number of carbonyl (C=O) groups excluding carboxylic acids is 1. The molecular weight excluding hydrogens is 323 g/mol. The fourth-order valence-electron chi connectivity index (χ4n) is 2.17. The van der Waals surface area contributed by atoms with Crippen LogP contribution in [-0.2, 0) is 14.3 Å². The number of ether oxygens (including phenoxy) is 2. The van der Waals surface area contributed by atoms with E-state index < -0.39 is 30.7 Å². The molecule has 0 saturated heterocycles. The second-order valence-electron chi connectivity index (χ2n) is 5.21. The minimum absolute atomic E-state index is 0.0580. The van der Waals surface area contributed by atoms with Gasteiger partial charge in [0.2, 0.25) is 0 Å². The van der Waals surface area contributed by atoms with Crippen LogP contribution >= 0.6 is 0 Å². The van der Waals surface area contributed by atoms with Gasteiger partial charge in [-0.05, 0) is 12.5 Å². The molecule has 2 atom stereocenters. The van der Waals surface area contributed by atoms with Gasteiger partial charge in [0.25, 0.3) is 0 Å². The Labute approximate surface area is 139 Å². The highest BCUT2D eigenvalue weighted by Gasteiger charge is 2.41. The van der Waals surface area contributed by atoms with Gasteiger partial charge in [-0.1, -0.05) is 36.9 Å². The van der Waals surface area contributed by atoms with Crippen LogP contribution in [0.1, 0.15) is 24.9 Å². The molecule has 0 spiro atoms. The highest BCUT2D eigenvalue weighted by molar-refractivity contribution is 5.87. The third-order valence-corrected chi connectivity index (χ3v) is 3.35. The summed E-state index contributed by atoms with van der Waals surface area (Å²) >= 11 is 0. The Morgan fingerprint density at radius 1 is 1.29 bits per heavy atom. The number of halogens is 3. The normalized spacial score (nSPS) is 14.0. The second kappa shape index (κ2) is 9.44. The summed E-state index contributed by atoms with van der Waals surface area (Å²) in [6, 6.07) is 6.07. The van der Waals surface area contributed by atoms with Gasteiger partial charge in [-0.15, -0.1) is 0 Å². The van der Waals surface area contributed by atoms with Crippen molar-refractivity contribution in [1.82, 2.24) is 5.32 Å². The number of benzene rings is 1. The van der Waals surface area contributed by atoms with Crippen molar-refractivity contribution in [3.63, 3.8) is 0 Å². The van der Waals surface area contributed by atoms with Gasteiger partial charge in [-0.2, -0.15) is 13.2 Å². The van der Waals surface area contributed by atoms with Crippen LogP contribution in [0.15, 0.2) is 42.5 Å². The van der Waals surface area contributed by atoms with Crippen molar-refractivity contribution >= 4 is 5.97 Å². The highest BCUT2D eigenvalue weighted by Crippen LogP contribution is 2.28. The number of alkyl halides is 3. The summed E-state index contributed by atoms with van der Waals surface area (Å²) in [4.78, 5) is 11.5. The number of rotatable bonds is 9. The largest absolute Gasteiger partial charge is 0.463 e. The zero-order valence-corrected chi connectivity index (χ0v) is 13.7. The van der Waals surface area contributed by atoms with E-state index >= 15 is 0 Å². The molecule has 24 heavy (non-hydrogen) atoms. The molecule has 0 aliphatic rings. The molecule has 1 unspecified atom stereocenters. The molecule has 0 heterocycles. The van der Waals surface area contributed by atoms with Crippen LogP contribution in [0.25, 0.3) is 0 Å². The number of carbonyl (C=O) groups is 1.